The number of anilines is 1. The van der Waals surface area contributed by atoms with E-state index in [0.29, 0.717) is 6.04 Å². The summed E-state index contributed by atoms with van der Waals surface area (Å²) in [6.07, 6.45) is 2.60. The van der Waals surface area contributed by atoms with Crippen LogP contribution >= 0.6 is 0 Å². The molecule has 0 amide bonds. The molecule has 0 aromatic carbocycles. The third-order valence-corrected chi connectivity index (χ3v) is 2.55. The predicted octanol–water partition coefficient (Wildman–Crippen LogP) is 1.65. The average molecular weight is 209 g/mol. The topological polar surface area (TPSA) is 38.2 Å². The number of nitrogens with zero attached hydrogens (tertiary/aromatic N) is 3. The summed E-state index contributed by atoms with van der Waals surface area (Å²) in [6.45, 7) is 4.91. The number of aryl methyl sites for hydroxylation is 1. The van der Waals surface area contributed by atoms with E-state index in [2.05, 4.69) is 21.8 Å². The Morgan fingerprint density at radius 1 is 1.47 bits per heavy atom. The summed E-state index contributed by atoms with van der Waals surface area (Å²) < 4.78 is 5.06. The number of aromatic nitrogens is 2. The maximum atomic E-state index is 5.06. The first kappa shape index (κ1) is 11.9. The van der Waals surface area contributed by atoms with Gasteiger partial charge >= 0.3 is 0 Å². The van der Waals surface area contributed by atoms with E-state index in [9.17, 15) is 0 Å². The zero-order valence-corrected chi connectivity index (χ0v) is 9.90. The van der Waals surface area contributed by atoms with Crippen molar-refractivity contribution in [1.29, 1.82) is 0 Å². The van der Waals surface area contributed by atoms with Crippen molar-refractivity contribution in [3.63, 3.8) is 0 Å². The lowest BCUT2D eigenvalue weighted by Gasteiger charge is -2.25. The van der Waals surface area contributed by atoms with Crippen LogP contribution in [0.15, 0.2) is 12.4 Å². The first-order valence-corrected chi connectivity index (χ1v) is 5.15. The van der Waals surface area contributed by atoms with E-state index >= 15 is 0 Å². The Morgan fingerprint density at radius 3 is 2.80 bits per heavy atom. The molecule has 1 unspecified atom stereocenters. The quantitative estimate of drug-likeness (QED) is 0.739. The monoisotopic (exact) mass is 209 g/mol. The third-order valence-electron chi connectivity index (χ3n) is 2.55. The lowest BCUT2D eigenvalue weighted by atomic mass is 10.2. The number of hydrogen-bond acceptors (Lipinski definition) is 4. The van der Waals surface area contributed by atoms with Crippen molar-refractivity contribution in [2.45, 2.75) is 26.3 Å². The first-order valence-electron chi connectivity index (χ1n) is 5.15. The predicted molar refractivity (Wildman–Crippen MR) is 61.1 cm³/mol. The van der Waals surface area contributed by atoms with Crippen LogP contribution < -0.4 is 4.90 Å². The van der Waals surface area contributed by atoms with Gasteiger partial charge in [-0.25, -0.2) is 9.97 Å². The van der Waals surface area contributed by atoms with Crippen molar-refractivity contribution in [2.75, 3.05) is 25.7 Å². The van der Waals surface area contributed by atoms with Gasteiger partial charge in [0.15, 0.2) is 0 Å². The second kappa shape index (κ2) is 5.66. The van der Waals surface area contributed by atoms with Crippen molar-refractivity contribution in [3.8, 4) is 0 Å². The normalized spacial score (nSPS) is 12.5. The van der Waals surface area contributed by atoms with Crippen molar-refractivity contribution < 1.29 is 4.74 Å². The fourth-order valence-corrected chi connectivity index (χ4v) is 1.34. The summed E-state index contributed by atoms with van der Waals surface area (Å²) in [4.78, 5) is 10.5. The Labute approximate surface area is 91.3 Å². The van der Waals surface area contributed by atoms with Crippen LogP contribution in [0.2, 0.25) is 0 Å². The Kier molecular flexibility index (Phi) is 4.49. The van der Waals surface area contributed by atoms with E-state index in [-0.39, 0.29) is 0 Å². The molecule has 0 fully saturated rings. The Hall–Kier alpha value is -1.16. The maximum Gasteiger partial charge on any atom is 0.132 e. The number of methoxy groups -OCH3 is 1. The highest BCUT2D eigenvalue weighted by Gasteiger charge is 2.10. The molecule has 0 spiro atoms. The molecule has 1 rings (SSSR count). The smallest absolute Gasteiger partial charge is 0.132 e. The minimum absolute atomic E-state index is 0.416. The second-order valence-corrected chi connectivity index (χ2v) is 3.76. The number of ether oxygens (including phenoxy) is 1. The van der Waals surface area contributed by atoms with Crippen molar-refractivity contribution >= 4 is 5.82 Å². The van der Waals surface area contributed by atoms with Gasteiger partial charge in [-0.05, 0) is 20.3 Å². The van der Waals surface area contributed by atoms with Crippen LogP contribution in [0, 0.1) is 6.92 Å². The van der Waals surface area contributed by atoms with Crippen molar-refractivity contribution in [3.05, 3.63) is 18.1 Å². The van der Waals surface area contributed by atoms with Gasteiger partial charge in [0.1, 0.15) is 12.1 Å². The molecule has 0 N–H and O–H groups in total. The minimum atomic E-state index is 0.416. The second-order valence-electron chi connectivity index (χ2n) is 3.76. The highest BCUT2D eigenvalue weighted by molar-refractivity contribution is 5.38. The van der Waals surface area contributed by atoms with Gasteiger partial charge in [0.2, 0.25) is 0 Å². The molecule has 1 aromatic rings. The molecule has 1 heterocycles. The molecule has 0 aliphatic carbocycles. The van der Waals surface area contributed by atoms with Gasteiger partial charge in [-0.15, -0.1) is 0 Å². The maximum absolute atomic E-state index is 5.06. The molecule has 0 saturated carbocycles. The summed E-state index contributed by atoms with van der Waals surface area (Å²) in [7, 11) is 3.77. The van der Waals surface area contributed by atoms with Crippen LogP contribution in [0.25, 0.3) is 0 Å². The van der Waals surface area contributed by atoms with Gasteiger partial charge in [-0.1, -0.05) is 0 Å². The molecular weight excluding hydrogens is 190 g/mol. The van der Waals surface area contributed by atoms with Gasteiger partial charge < -0.3 is 9.64 Å². The summed E-state index contributed by atoms with van der Waals surface area (Å²) >= 11 is 0. The summed E-state index contributed by atoms with van der Waals surface area (Å²) in [6, 6.07) is 2.41. The molecule has 4 nitrogen and oxygen atoms in total. The Morgan fingerprint density at radius 2 is 2.20 bits per heavy atom. The zero-order chi connectivity index (χ0) is 11.3. The van der Waals surface area contributed by atoms with Gasteiger partial charge in [-0.3, -0.25) is 0 Å². The number of rotatable bonds is 5. The molecule has 4 heteroatoms. The molecule has 84 valence electrons. The average Bonchev–Trinajstić information content (AvgIpc) is 2.24. The molecule has 1 aromatic heterocycles. The first-order chi connectivity index (χ1) is 7.15. The lowest BCUT2D eigenvalue weighted by Crippen LogP contribution is -2.30. The van der Waals surface area contributed by atoms with Gasteiger partial charge in [0.25, 0.3) is 0 Å². The van der Waals surface area contributed by atoms with Crippen LogP contribution in [0.5, 0.6) is 0 Å². The fourth-order valence-electron chi connectivity index (χ4n) is 1.34. The van der Waals surface area contributed by atoms with Crippen molar-refractivity contribution in [1.82, 2.24) is 9.97 Å². The molecule has 15 heavy (non-hydrogen) atoms. The molecular formula is C11H19N3O. The highest BCUT2D eigenvalue weighted by atomic mass is 16.5. The van der Waals surface area contributed by atoms with E-state index in [0.717, 1.165) is 24.5 Å². The molecule has 0 aliphatic rings. The Bertz CT molecular complexity index is 304. The van der Waals surface area contributed by atoms with Gasteiger partial charge in [0, 0.05) is 38.6 Å². The molecule has 0 aliphatic heterocycles. The molecule has 0 bridgehead atoms. The molecule has 1 atom stereocenters. The zero-order valence-electron chi connectivity index (χ0n) is 9.90. The van der Waals surface area contributed by atoms with Crippen LogP contribution in [0.1, 0.15) is 19.0 Å². The summed E-state index contributed by atoms with van der Waals surface area (Å²) in [5, 5.41) is 0. The summed E-state index contributed by atoms with van der Waals surface area (Å²) in [5.41, 5.74) is 0.991. The fraction of sp³-hybridized carbons (Fsp3) is 0.636. The minimum Gasteiger partial charge on any atom is -0.385 e. The Balaban J connectivity index is 2.62. The van der Waals surface area contributed by atoms with Gasteiger partial charge in [-0.2, -0.15) is 0 Å². The number of hydrogen-bond donors (Lipinski definition) is 0. The molecule has 0 saturated heterocycles. The SMILES string of the molecule is COCCC(C)N(C)c1cc(C)ncn1. The third kappa shape index (κ3) is 3.47. The summed E-state index contributed by atoms with van der Waals surface area (Å²) in [5.74, 6) is 0.964. The van der Waals surface area contributed by atoms with Crippen LogP contribution in [0.3, 0.4) is 0 Å². The van der Waals surface area contributed by atoms with Gasteiger partial charge in [0.05, 0.1) is 0 Å². The van der Waals surface area contributed by atoms with E-state index in [1.54, 1.807) is 13.4 Å². The van der Waals surface area contributed by atoms with Crippen molar-refractivity contribution in [2.24, 2.45) is 0 Å². The highest BCUT2D eigenvalue weighted by Crippen LogP contribution is 2.13. The van der Waals surface area contributed by atoms with Crippen LogP contribution in [-0.2, 0) is 4.74 Å². The standard InChI is InChI=1S/C11H19N3O/c1-9-7-11(13-8-12-9)14(3)10(2)5-6-15-4/h7-8,10H,5-6H2,1-4H3. The van der Waals surface area contributed by atoms with Crippen LogP contribution in [0.4, 0.5) is 5.82 Å². The van der Waals surface area contributed by atoms with E-state index in [1.807, 2.05) is 20.0 Å². The van der Waals surface area contributed by atoms with E-state index in [1.165, 1.54) is 0 Å². The van der Waals surface area contributed by atoms with Crippen LogP contribution in [-0.4, -0.2) is 36.8 Å². The molecule has 0 radical (unpaired) electrons. The van der Waals surface area contributed by atoms with E-state index < -0.39 is 0 Å². The largest absolute Gasteiger partial charge is 0.385 e. The lowest BCUT2D eigenvalue weighted by molar-refractivity contribution is 0.189. The van der Waals surface area contributed by atoms with E-state index in [4.69, 9.17) is 4.74 Å².